The van der Waals surface area contributed by atoms with E-state index in [0.29, 0.717) is 31.3 Å². The van der Waals surface area contributed by atoms with Crippen molar-refractivity contribution in [3.63, 3.8) is 0 Å². The minimum atomic E-state index is 0.0982. The van der Waals surface area contributed by atoms with Gasteiger partial charge in [0.2, 0.25) is 11.8 Å². The fraction of sp³-hybridized carbons (Fsp3) is 0.333. The number of carbonyl (C=O) groups excluding carboxylic acids is 1. The normalized spacial score (nSPS) is 15.2. The van der Waals surface area contributed by atoms with Crippen molar-refractivity contribution in [2.75, 3.05) is 13.7 Å². The van der Waals surface area contributed by atoms with Gasteiger partial charge in [0.05, 0.1) is 12.3 Å². The van der Waals surface area contributed by atoms with Crippen LogP contribution in [0.4, 0.5) is 0 Å². The third kappa shape index (κ3) is 4.34. The summed E-state index contributed by atoms with van der Waals surface area (Å²) in [4.78, 5) is 16.3. The highest BCUT2D eigenvalue weighted by atomic mass is 16.5. The zero-order valence-electron chi connectivity index (χ0n) is 16.9. The molecule has 2 aromatic carbocycles. The zero-order valence-corrected chi connectivity index (χ0v) is 16.9. The Labute approximate surface area is 171 Å². The molecule has 1 N–H and O–H groups in total. The van der Waals surface area contributed by atoms with E-state index in [-0.39, 0.29) is 5.91 Å². The maximum atomic E-state index is 11.7. The van der Waals surface area contributed by atoms with Gasteiger partial charge in [0.1, 0.15) is 11.5 Å². The molecule has 0 radical (unpaired) electrons. The van der Waals surface area contributed by atoms with E-state index in [9.17, 15) is 4.79 Å². The number of oxazole rings is 1. The molecular formula is C24H26N2O3. The van der Waals surface area contributed by atoms with Gasteiger partial charge >= 0.3 is 0 Å². The molecule has 5 nitrogen and oxygen atoms in total. The van der Waals surface area contributed by atoms with Gasteiger partial charge < -0.3 is 14.5 Å². The average molecular weight is 390 g/mol. The first-order valence-electron chi connectivity index (χ1n) is 10.1. The lowest BCUT2D eigenvalue weighted by Gasteiger charge is -2.12. The van der Waals surface area contributed by atoms with Gasteiger partial charge in [0.25, 0.3) is 0 Å². The van der Waals surface area contributed by atoms with Crippen LogP contribution >= 0.6 is 0 Å². The third-order valence-electron chi connectivity index (χ3n) is 5.55. The highest BCUT2D eigenvalue weighted by Gasteiger charge is 2.24. The van der Waals surface area contributed by atoms with E-state index in [1.807, 2.05) is 43.3 Å². The molecule has 150 valence electrons. The van der Waals surface area contributed by atoms with Crippen molar-refractivity contribution in [2.24, 2.45) is 0 Å². The number of aryl methyl sites for hydroxylation is 2. The largest absolute Gasteiger partial charge is 0.493 e. The quantitative estimate of drug-likeness (QED) is 0.648. The molecule has 1 atom stereocenters. The third-order valence-corrected chi connectivity index (χ3v) is 5.55. The number of amides is 1. The molecule has 29 heavy (non-hydrogen) atoms. The first-order chi connectivity index (χ1) is 14.1. The monoisotopic (exact) mass is 390 g/mol. The summed E-state index contributed by atoms with van der Waals surface area (Å²) in [6.07, 6.45) is 3.26. The lowest BCUT2D eigenvalue weighted by Crippen LogP contribution is -2.19. The zero-order chi connectivity index (χ0) is 20.2. The number of benzene rings is 2. The van der Waals surface area contributed by atoms with Gasteiger partial charge in [0, 0.05) is 25.5 Å². The van der Waals surface area contributed by atoms with E-state index >= 15 is 0 Å². The summed E-state index contributed by atoms with van der Waals surface area (Å²) < 4.78 is 11.8. The Kier molecular flexibility index (Phi) is 5.65. The molecule has 4 rings (SSSR count). The van der Waals surface area contributed by atoms with Crippen LogP contribution in [-0.4, -0.2) is 24.5 Å². The second-order valence-electron chi connectivity index (χ2n) is 7.46. The Hall–Kier alpha value is -3.08. The molecule has 3 aromatic rings. The summed E-state index contributed by atoms with van der Waals surface area (Å²) in [6, 6.07) is 16.2. The molecule has 1 aliphatic rings. The van der Waals surface area contributed by atoms with E-state index < -0.39 is 0 Å². The maximum Gasteiger partial charge on any atom is 0.226 e. The number of carbonyl (C=O) groups is 1. The smallest absolute Gasteiger partial charge is 0.226 e. The molecule has 0 aliphatic heterocycles. The summed E-state index contributed by atoms with van der Waals surface area (Å²) in [5.74, 6) is 2.76. The van der Waals surface area contributed by atoms with Gasteiger partial charge in [-0.3, -0.25) is 4.79 Å². The van der Waals surface area contributed by atoms with E-state index in [2.05, 4.69) is 22.4 Å². The molecule has 1 aromatic heterocycles. The van der Waals surface area contributed by atoms with E-state index in [4.69, 9.17) is 9.15 Å². The first-order valence-corrected chi connectivity index (χ1v) is 10.1. The van der Waals surface area contributed by atoms with Crippen LogP contribution in [0.25, 0.3) is 11.5 Å². The van der Waals surface area contributed by atoms with Crippen LogP contribution in [0, 0.1) is 6.92 Å². The fourth-order valence-corrected chi connectivity index (χ4v) is 3.94. The summed E-state index contributed by atoms with van der Waals surface area (Å²) in [7, 11) is 1.69. The SMILES string of the molecule is CNC(=O)CC1CCc2cc(OCCc3nc(-c4ccccc4)oc3C)ccc21. The highest BCUT2D eigenvalue weighted by Crippen LogP contribution is 2.37. The highest BCUT2D eigenvalue weighted by molar-refractivity contribution is 5.76. The molecule has 0 saturated heterocycles. The lowest BCUT2D eigenvalue weighted by molar-refractivity contribution is -0.121. The minimum Gasteiger partial charge on any atom is -0.493 e. The van der Waals surface area contributed by atoms with Crippen LogP contribution in [0.15, 0.2) is 52.9 Å². The molecular weight excluding hydrogens is 364 g/mol. The van der Waals surface area contributed by atoms with Crippen molar-refractivity contribution in [2.45, 2.75) is 38.5 Å². The van der Waals surface area contributed by atoms with Crippen molar-refractivity contribution in [3.8, 4) is 17.2 Å². The van der Waals surface area contributed by atoms with Crippen LogP contribution < -0.4 is 10.1 Å². The Morgan fingerprint density at radius 3 is 2.86 bits per heavy atom. The van der Waals surface area contributed by atoms with Gasteiger partial charge in [-0.2, -0.15) is 0 Å². The standard InChI is InChI=1S/C24H26N2O3/c1-16-22(26-24(29-16)17-6-4-3-5-7-17)12-13-28-20-10-11-21-18(14-20)8-9-19(21)15-23(27)25-2/h3-7,10-11,14,19H,8-9,12-13,15H2,1-2H3,(H,25,27). The van der Waals surface area contributed by atoms with Crippen LogP contribution in [0.5, 0.6) is 5.75 Å². The lowest BCUT2D eigenvalue weighted by atomic mass is 9.97. The number of fused-ring (bicyclic) bond motifs is 1. The van der Waals surface area contributed by atoms with Crippen LogP contribution in [0.3, 0.4) is 0 Å². The second kappa shape index (κ2) is 8.52. The van der Waals surface area contributed by atoms with Gasteiger partial charge in [-0.05, 0) is 61.1 Å². The summed E-state index contributed by atoms with van der Waals surface area (Å²) in [5, 5.41) is 2.72. The molecule has 0 spiro atoms. The molecule has 1 unspecified atom stereocenters. The van der Waals surface area contributed by atoms with Gasteiger partial charge in [0.15, 0.2) is 0 Å². The molecule has 0 fully saturated rings. The number of rotatable bonds is 7. The van der Waals surface area contributed by atoms with Crippen molar-refractivity contribution in [1.29, 1.82) is 0 Å². The predicted octanol–water partition coefficient (Wildman–Crippen LogP) is 4.44. The average Bonchev–Trinajstić information content (AvgIpc) is 3.32. The molecule has 5 heteroatoms. The van der Waals surface area contributed by atoms with Gasteiger partial charge in [-0.1, -0.05) is 24.3 Å². The number of hydrogen-bond acceptors (Lipinski definition) is 4. The predicted molar refractivity (Wildman–Crippen MR) is 112 cm³/mol. The van der Waals surface area contributed by atoms with Crippen molar-refractivity contribution >= 4 is 5.91 Å². The number of nitrogens with one attached hydrogen (secondary N) is 1. The Morgan fingerprint density at radius 2 is 2.07 bits per heavy atom. The molecule has 1 aliphatic carbocycles. The van der Waals surface area contributed by atoms with Crippen molar-refractivity contribution in [1.82, 2.24) is 10.3 Å². The Bertz CT molecular complexity index is 995. The van der Waals surface area contributed by atoms with E-state index in [1.165, 1.54) is 11.1 Å². The first kappa shape index (κ1) is 19.2. The van der Waals surface area contributed by atoms with Crippen LogP contribution in [-0.2, 0) is 17.6 Å². The van der Waals surface area contributed by atoms with Crippen molar-refractivity contribution < 1.29 is 13.9 Å². The topological polar surface area (TPSA) is 64.4 Å². The molecule has 0 bridgehead atoms. The minimum absolute atomic E-state index is 0.0982. The van der Waals surface area contributed by atoms with Crippen LogP contribution in [0.1, 0.15) is 41.3 Å². The second-order valence-corrected chi connectivity index (χ2v) is 7.46. The van der Waals surface area contributed by atoms with Crippen molar-refractivity contribution in [3.05, 3.63) is 71.1 Å². The molecule has 0 saturated carbocycles. The fourth-order valence-electron chi connectivity index (χ4n) is 3.94. The summed E-state index contributed by atoms with van der Waals surface area (Å²) in [6.45, 7) is 2.48. The molecule has 1 amide bonds. The molecule has 1 heterocycles. The maximum absolute atomic E-state index is 11.7. The summed E-state index contributed by atoms with van der Waals surface area (Å²) >= 11 is 0. The van der Waals surface area contributed by atoms with E-state index in [0.717, 1.165) is 35.6 Å². The number of aromatic nitrogens is 1. The van der Waals surface area contributed by atoms with E-state index in [1.54, 1.807) is 7.05 Å². The number of ether oxygens (including phenoxy) is 1. The van der Waals surface area contributed by atoms with Gasteiger partial charge in [-0.15, -0.1) is 0 Å². The number of nitrogens with zero attached hydrogens (tertiary/aromatic N) is 1. The Morgan fingerprint density at radius 1 is 1.24 bits per heavy atom. The summed E-state index contributed by atoms with van der Waals surface area (Å²) in [5.41, 5.74) is 4.48. The van der Waals surface area contributed by atoms with Gasteiger partial charge in [-0.25, -0.2) is 4.98 Å². The number of hydrogen-bond donors (Lipinski definition) is 1. The van der Waals surface area contributed by atoms with Crippen LogP contribution in [0.2, 0.25) is 0 Å². The Balaban J connectivity index is 1.36.